The first-order valence-corrected chi connectivity index (χ1v) is 5.13. The highest BCUT2D eigenvalue weighted by Gasteiger charge is 2.10. The maximum absolute atomic E-state index is 11.2. The summed E-state index contributed by atoms with van der Waals surface area (Å²) in [5.74, 6) is -0.328. The molecule has 0 spiro atoms. The van der Waals surface area contributed by atoms with Gasteiger partial charge in [0.15, 0.2) is 0 Å². The zero-order valence-electron chi connectivity index (χ0n) is 9.91. The smallest absolute Gasteiger partial charge is 0.337 e. The van der Waals surface area contributed by atoms with Gasteiger partial charge in [-0.05, 0) is 38.1 Å². The second-order valence-corrected chi connectivity index (χ2v) is 4.41. The van der Waals surface area contributed by atoms with E-state index in [0.29, 0.717) is 12.1 Å². The van der Waals surface area contributed by atoms with Gasteiger partial charge in [-0.25, -0.2) is 4.79 Å². The molecular weight excluding hydrogens is 204 g/mol. The number of nitrogens with one attached hydrogen (secondary N) is 1. The zero-order valence-corrected chi connectivity index (χ0v) is 9.91. The summed E-state index contributed by atoms with van der Waals surface area (Å²) in [6.45, 7) is 4.57. The molecule has 0 aliphatic rings. The van der Waals surface area contributed by atoms with E-state index >= 15 is 0 Å². The quantitative estimate of drug-likeness (QED) is 0.760. The van der Waals surface area contributed by atoms with Crippen LogP contribution in [0.25, 0.3) is 0 Å². The van der Waals surface area contributed by atoms with Crippen LogP contribution >= 0.6 is 0 Å². The van der Waals surface area contributed by atoms with Gasteiger partial charge in [-0.15, -0.1) is 0 Å². The third kappa shape index (κ3) is 3.90. The fraction of sp³-hybridized carbons (Fsp3) is 0.417. The van der Waals surface area contributed by atoms with E-state index in [-0.39, 0.29) is 11.5 Å². The third-order valence-electron chi connectivity index (χ3n) is 2.05. The topological polar surface area (TPSA) is 64.3 Å². The third-order valence-corrected chi connectivity index (χ3v) is 2.05. The van der Waals surface area contributed by atoms with Crippen molar-refractivity contribution in [1.82, 2.24) is 0 Å². The van der Waals surface area contributed by atoms with Crippen LogP contribution in [0.1, 0.15) is 24.2 Å². The van der Waals surface area contributed by atoms with E-state index in [2.05, 4.69) is 10.1 Å². The molecule has 0 aromatic heterocycles. The molecule has 0 aliphatic carbocycles. The van der Waals surface area contributed by atoms with Gasteiger partial charge >= 0.3 is 5.97 Å². The van der Waals surface area contributed by atoms with E-state index in [1.54, 1.807) is 12.1 Å². The minimum Gasteiger partial charge on any atom is -0.465 e. The number of esters is 1. The van der Waals surface area contributed by atoms with Crippen molar-refractivity contribution in [2.45, 2.75) is 19.4 Å². The SMILES string of the molecule is COC(=O)c1ccc(NCC(C)(C)N)cc1. The predicted molar refractivity (Wildman–Crippen MR) is 64.5 cm³/mol. The Labute approximate surface area is 95.8 Å². The molecule has 0 atom stereocenters. The van der Waals surface area contributed by atoms with Gasteiger partial charge in [0.05, 0.1) is 12.7 Å². The minimum absolute atomic E-state index is 0.263. The van der Waals surface area contributed by atoms with Crippen LogP contribution in [-0.2, 0) is 4.74 Å². The molecule has 0 heterocycles. The number of nitrogens with two attached hydrogens (primary N) is 1. The number of rotatable bonds is 4. The molecule has 0 aliphatic heterocycles. The molecule has 4 heteroatoms. The van der Waals surface area contributed by atoms with Crippen molar-refractivity contribution >= 4 is 11.7 Å². The van der Waals surface area contributed by atoms with Crippen LogP contribution in [0.3, 0.4) is 0 Å². The second kappa shape index (κ2) is 4.99. The lowest BCUT2D eigenvalue weighted by atomic mass is 10.1. The van der Waals surface area contributed by atoms with Gasteiger partial charge in [-0.3, -0.25) is 0 Å². The van der Waals surface area contributed by atoms with Gasteiger partial charge < -0.3 is 15.8 Å². The monoisotopic (exact) mass is 222 g/mol. The fourth-order valence-corrected chi connectivity index (χ4v) is 1.17. The normalized spacial score (nSPS) is 11.0. The number of benzene rings is 1. The van der Waals surface area contributed by atoms with Crippen LogP contribution in [0.5, 0.6) is 0 Å². The number of hydrogen-bond acceptors (Lipinski definition) is 4. The molecule has 3 N–H and O–H groups in total. The van der Waals surface area contributed by atoms with Gasteiger partial charge in [0.1, 0.15) is 0 Å². The Hall–Kier alpha value is -1.55. The number of methoxy groups -OCH3 is 1. The Bertz CT molecular complexity index is 352. The maximum Gasteiger partial charge on any atom is 0.337 e. The van der Waals surface area contributed by atoms with Gasteiger partial charge in [-0.1, -0.05) is 0 Å². The second-order valence-electron chi connectivity index (χ2n) is 4.41. The standard InChI is InChI=1S/C12H18N2O2/c1-12(2,13)8-14-10-6-4-9(5-7-10)11(15)16-3/h4-7,14H,8,13H2,1-3H3. The van der Waals surface area contributed by atoms with Gasteiger partial charge in [-0.2, -0.15) is 0 Å². The van der Waals surface area contributed by atoms with Crippen molar-refractivity contribution in [2.24, 2.45) is 5.73 Å². The van der Waals surface area contributed by atoms with Gasteiger partial charge in [0.25, 0.3) is 0 Å². The van der Waals surface area contributed by atoms with Crippen LogP contribution in [0, 0.1) is 0 Å². The first-order chi connectivity index (χ1) is 7.42. The summed E-state index contributed by atoms with van der Waals surface area (Å²) in [5.41, 5.74) is 7.06. The van der Waals surface area contributed by atoms with Crippen molar-refractivity contribution in [3.05, 3.63) is 29.8 Å². The first-order valence-electron chi connectivity index (χ1n) is 5.13. The lowest BCUT2D eigenvalue weighted by Crippen LogP contribution is -2.39. The lowest BCUT2D eigenvalue weighted by Gasteiger charge is -2.19. The molecule has 0 amide bonds. The summed E-state index contributed by atoms with van der Waals surface area (Å²) >= 11 is 0. The van der Waals surface area contributed by atoms with E-state index in [9.17, 15) is 4.79 Å². The average molecular weight is 222 g/mol. The van der Waals surface area contributed by atoms with E-state index in [0.717, 1.165) is 5.69 Å². The highest BCUT2D eigenvalue weighted by molar-refractivity contribution is 5.89. The van der Waals surface area contributed by atoms with Crippen molar-refractivity contribution < 1.29 is 9.53 Å². The lowest BCUT2D eigenvalue weighted by molar-refractivity contribution is 0.0601. The Balaban J connectivity index is 2.62. The molecular formula is C12H18N2O2. The number of ether oxygens (including phenoxy) is 1. The largest absolute Gasteiger partial charge is 0.465 e. The predicted octanol–water partition coefficient (Wildman–Crippen LogP) is 1.62. The minimum atomic E-state index is -0.328. The van der Waals surface area contributed by atoms with Crippen LogP contribution in [0.15, 0.2) is 24.3 Å². The molecule has 1 aromatic carbocycles. The first kappa shape index (κ1) is 12.5. The number of anilines is 1. The molecule has 0 saturated carbocycles. The summed E-state index contributed by atoms with van der Waals surface area (Å²) in [6.07, 6.45) is 0. The molecule has 1 rings (SSSR count). The summed E-state index contributed by atoms with van der Waals surface area (Å²) in [4.78, 5) is 11.2. The summed E-state index contributed by atoms with van der Waals surface area (Å²) in [5, 5.41) is 3.19. The Morgan fingerprint density at radius 1 is 1.38 bits per heavy atom. The van der Waals surface area contributed by atoms with Crippen molar-refractivity contribution in [3.63, 3.8) is 0 Å². The number of carbonyl (C=O) groups is 1. The maximum atomic E-state index is 11.2. The van der Waals surface area contributed by atoms with Crippen LogP contribution < -0.4 is 11.1 Å². The highest BCUT2D eigenvalue weighted by atomic mass is 16.5. The van der Waals surface area contributed by atoms with E-state index in [1.165, 1.54) is 7.11 Å². The van der Waals surface area contributed by atoms with E-state index < -0.39 is 0 Å². The Morgan fingerprint density at radius 2 is 1.94 bits per heavy atom. The molecule has 4 nitrogen and oxygen atoms in total. The van der Waals surface area contributed by atoms with Gasteiger partial charge in [0.2, 0.25) is 0 Å². The van der Waals surface area contributed by atoms with Crippen molar-refractivity contribution in [3.8, 4) is 0 Å². The van der Waals surface area contributed by atoms with Crippen molar-refractivity contribution in [2.75, 3.05) is 19.0 Å². The van der Waals surface area contributed by atoms with Crippen LogP contribution in [0.2, 0.25) is 0 Å². The molecule has 16 heavy (non-hydrogen) atoms. The number of hydrogen-bond donors (Lipinski definition) is 2. The Morgan fingerprint density at radius 3 is 2.38 bits per heavy atom. The molecule has 0 saturated heterocycles. The molecule has 0 fully saturated rings. The molecule has 0 radical (unpaired) electrons. The molecule has 1 aromatic rings. The zero-order chi connectivity index (χ0) is 12.2. The van der Waals surface area contributed by atoms with E-state index in [1.807, 2.05) is 26.0 Å². The van der Waals surface area contributed by atoms with Crippen molar-refractivity contribution in [1.29, 1.82) is 0 Å². The van der Waals surface area contributed by atoms with E-state index in [4.69, 9.17) is 5.73 Å². The summed E-state index contributed by atoms with van der Waals surface area (Å²) in [6, 6.07) is 7.10. The van der Waals surface area contributed by atoms with Crippen LogP contribution in [-0.4, -0.2) is 25.2 Å². The number of carbonyl (C=O) groups excluding carboxylic acids is 1. The molecule has 0 bridgehead atoms. The summed E-state index contributed by atoms with van der Waals surface area (Å²) < 4.78 is 4.61. The Kier molecular flexibility index (Phi) is 3.90. The highest BCUT2D eigenvalue weighted by Crippen LogP contribution is 2.11. The van der Waals surface area contributed by atoms with Gasteiger partial charge in [0, 0.05) is 17.8 Å². The molecule has 0 unspecified atom stereocenters. The average Bonchev–Trinajstić information content (AvgIpc) is 2.25. The molecule has 88 valence electrons. The fourth-order valence-electron chi connectivity index (χ4n) is 1.17. The summed E-state index contributed by atoms with van der Waals surface area (Å²) in [7, 11) is 1.37. The van der Waals surface area contributed by atoms with Crippen LogP contribution in [0.4, 0.5) is 5.69 Å².